The van der Waals surface area contributed by atoms with E-state index in [1.165, 1.54) is 24.3 Å². The zero-order valence-electron chi connectivity index (χ0n) is 22.6. The molecule has 2 unspecified atom stereocenters. The number of hydrogen-bond donors (Lipinski definition) is 0. The van der Waals surface area contributed by atoms with E-state index in [1.54, 1.807) is 0 Å². The van der Waals surface area contributed by atoms with Gasteiger partial charge in [-0.1, -0.05) is 87.1 Å². The molecule has 0 spiro atoms. The highest BCUT2D eigenvalue weighted by Gasteiger charge is 2.47. The second-order valence-electron chi connectivity index (χ2n) is 12.1. The fraction of sp³-hybridized carbons (Fsp3) is 0.586. The maximum Gasteiger partial charge on any atom is 0.416 e. The maximum atomic E-state index is 13.3. The molecule has 37 heavy (non-hydrogen) atoms. The highest BCUT2D eigenvalue weighted by Crippen LogP contribution is 2.68. The minimum Gasteiger partial charge on any atom is -0.166 e. The molecule has 2 aromatic rings. The first-order chi connectivity index (χ1) is 16.8. The lowest BCUT2D eigenvalue weighted by Gasteiger charge is -2.49. The number of rotatable bonds is 5. The van der Waals surface area contributed by atoms with Crippen molar-refractivity contribution in [3.63, 3.8) is 0 Å². The van der Waals surface area contributed by atoms with Crippen LogP contribution in [0.5, 0.6) is 0 Å². The Bertz CT molecular complexity index is 956. The van der Waals surface area contributed by atoms with Crippen LogP contribution < -0.4 is 10.6 Å². The first kappa shape index (κ1) is 30.4. The van der Waals surface area contributed by atoms with Gasteiger partial charge < -0.3 is 0 Å². The average Bonchev–Trinajstić information content (AvgIpc) is 3.20. The molecule has 1 aliphatic carbocycles. The van der Waals surface area contributed by atoms with Gasteiger partial charge in [0, 0.05) is 0 Å². The van der Waals surface area contributed by atoms with Crippen molar-refractivity contribution in [2.45, 2.75) is 102 Å². The predicted octanol–water partition coefficient (Wildman–Crippen LogP) is 9.79. The van der Waals surface area contributed by atoms with Crippen LogP contribution >= 0.6 is 15.8 Å². The molecule has 2 aromatic carbocycles. The van der Waals surface area contributed by atoms with Gasteiger partial charge in [0.05, 0.1) is 11.1 Å². The van der Waals surface area contributed by atoms with E-state index in [4.69, 9.17) is 0 Å². The largest absolute Gasteiger partial charge is 0.416 e. The van der Waals surface area contributed by atoms with Gasteiger partial charge in [0.15, 0.2) is 0 Å². The minimum absolute atomic E-state index is 0.116. The Morgan fingerprint density at radius 2 is 1.03 bits per heavy atom. The molecule has 0 N–H and O–H groups in total. The number of alkyl halides is 6. The van der Waals surface area contributed by atoms with Crippen LogP contribution in [-0.2, 0) is 12.4 Å². The van der Waals surface area contributed by atoms with Gasteiger partial charge in [0.1, 0.15) is 0 Å². The van der Waals surface area contributed by atoms with Crippen LogP contribution in [-0.4, -0.2) is 21.6 Å². The van der Waals surface area contributed by atoms with Crippen molar-refractivity contribution < 1.29 is 26.3 Å². The third kappa shape index (κ3) is 7.10. The molecule has 0 aromatic heterocycles. The molecule has 0 bridgehead atoms. The fourth-order valence-electron chi connectivity index (χ4n) is 6.29. The van der Waals surface area contributed by atoms with E-state index in [2.05, 4.69) is 48.5 Å². The van der Waals surface area contributed by atoms with Gasteiger partial charge in [-0.3, -0.25) is 0 Å². The molecule has 1 saturated carbocycles. The van der Waals surface area contributed by atoms with E-state index < -0.39 is 39.3 Å². The summed E-state index contributed by atoms with van der Waals surface area (Å²) in [5, 5.41) is 1.81. The van der Waals surface area contributed by atoms with E-state index in [-0.39, 0.29) is 16.0 Å². The van der Waals surface area contributed by atoms with Crippen molar-refractivity contribution in [2.75, 3.05) is 0 Å². The Morgan fingerprint density at radius 1 is 0.649 bits per heavy atom. The van der Waals surface area contributed by atoms with Gasteiger partial charge in [-0.2, -0.15) is 26.3 Å². The monoisotopic (exact) mass is 562 g/mol. The molecule has 0 saturated heterocycles. The molecular weight excluding hydrogens is 524 g/mol. The molecule has 206 valence electrons. The SMILES string of the molecule is C[C@H](C1CCCC1P(C(C)(C)C)C(C)(C)C)P(c1ccc(C(F)(F)F)cc1)c1ccc(C(F)(F)F)cc1. The molecule has 3 rings (SSSR count). The van der Waals surface area contributed by atoms with E-state index in [1.807, 2.05) is 0 Å². The van der Waals surface area contributed by atoms with E-state index in [0.29, 0.717) is 11.6 Å². The van der Waals surface area contributed by atoms with Crippen LogP contribution in [0.2, 0.25) is 0 Å². The first-order valence-corrected chi connectivity index (χ1v) is 15.6. The lowest BCUT2D eigenvalue weighted by atomic mass is 10.0. The minimum atomic E-state index is -4.44. The molecule has 0 nitrogen and oxygen atoms in total. The highest BCUT2D eigenvalue weighted by molar-refractivity contribution is 7.73. The van der Waals surface area contributed by atoms with Gasteiger partial charge in [0.25, 0.3) is 0 Å². The summed E-state index contributed by atoms with van der Waals surface area (Å²) in [6.45, 7) is 16.0. The normalized spacial score (nSPS) is 20.6. The summed E-state index contributed by atoms with van der Waals surface area (Å²) in [6.07, 6.45) is -5.61. The number of halogens is 6. The highest BCUT2D eigenvalue weighted by atomic mass is 31.1. The third-order valence-corrected chi connectivity index (χ3v) is 14.4. The van der Waals surface area contributed by atoms with Crippen LogP contribution in [0.3, 0.4) is 0 Å². The van der Waals surface area contributed by atoms with Crippen molar-refractivity contribution in [3.05, 3.63) is 59.7 Å². The summed E-state index contributed by atoms with van der Waals surface area (Å²) in [5.74, 6) is 0.361. The number of hydrogen-bond acceptors (Lipinski definition) is 0. The summed E-state index contributed by atoms with van der Waals surface area (Å²) in [7, 11) is -1.57. The second-order valence-corrected chi connectivity index (χ2v) is 18.7. The summed E-state index contributed by atoms with van der Waals surface area (Å²) in [6, 6.07) is 10.5. The summed E-state index contributed by atoms with van der Waals surface area (Å²) >= 11 is 0. The molecule has 1 fully saturated rings. The first-order valence-electron chi connectivity index (χ1n) is 12.7. The molecule has 0 aliphatic heterocycles. The molecule has 3 atom stereocenters. The maximum absolute atomic E-state index is 13.3. The van der Waals surface area contributed by atoms with Gasteiger partial charge >= 0.3 is 12.4 Å². The van der Waals surface area contributed by atoms with Crippen molar-refractivity contribution in [3.8, 4) is 0 Å². The number of benzene rings is 2. The zero-order valence-corrected chi connectivity index (χ0v) is 24.4. The zero-order chi connectivity index (χ0) is 28.0. The summed E-state index contributed by atoms with van der Waals surface area (Å²) in [4.78, 5) is 0. The molecule has 0 radical (unpaired) electrons. The Labute approximate surface area is 220 Å². The van der Waals surface area contributed by atoms with E-state index >= 15 is 0 Å². The van der Waals surface area contributed by atoms with Gasteiger partial charge in [-0.15, -0.1) is 0 Å². The van der Waals surface area contributed by atoms with Crippen LogP contribution in [0, 0.1) is 5.92 Å². The third-order valence-electron chi connectivity index (χ3n) is 7.28. The Kier molecular flexibility index (Phi) is 8.88. The molecule has 0 heterocycles. The fourth-order valence-corrected chi connectivity index (χ4v) is 14.6. The summed E-state index contributed by atoms with van der Waals surface area (Å²) in [5.41, 5.74) is -0.812. The molecule has 8 heteroatoms. The average molecular weight is 563 g/mol. The van der Waals surface area contributed by atoms with Gasteiger partial charge in [0.2, 0.25) is 0 Å². The molecule has 1 aliphatic rings. The second kappa shape index (κ2) is 10.8. The molecular formula is C29H38F6P2. The van der Waals surface area contributed by atoms with Crippen molar-refractivity contribution in [2.24, 2.45) is 5.92 Å². The smallest absolute Gasteiger partial charge is 0.166 e. The van der Waals surface area contributed by atoms with Gasteiger partial charge in [-0.25, -0.2) is 0 Å². The molecule has 0 amide bonds. The Hall–Kier alpha value is -1.12. The van der Waals surface area contributed by atoms with Crippen molar-refractivity contribution in [1.29, 1.82) is 0 Å². The van der Waals surface area contributed by atoms with Crippen molar-refractivity contribution in [1.82, 2.24) is 0 Å². The lowest BCUT2D eigenvalue weighted by Crippen LogP contribution is -2.37. The van der Waals surface area contributed by atoms with Crippen molar-refractivity contribution >= 4 is 26.5 Å². The Morgan fingerprint density at radius 3 is 1.35 bits per heavy atom. The Balaban J connectivity index is 2.08. The van der Waals surface area contributed by atoms with E-state index in [0.717, 1.165) is 54.1 Å². The summed E-state index contributed by atoms with van der Waals surface area (Å²) < 4.78 is 79.6. The van der Waals surface area contributed by atoms with Crippen LogP contribution in [0.25, 0.3) is 0 Å². The van der Waals surface area contributed by atoms with Crippen LogP contribution in [0.1, 0.15) is 78.9 Å². The quantitative estimate of drug-likeness (QED) is 0.251. The lowest BCUT2D eigenvalue weighted by molar-refractivity contribution is -0.138. The predicted molar refractivity (Wildman–Crippen MR) is 146 cm³/mol. The van der Waals surface area contributed by atoms with Gasteiger partial charge in [-0.05, 0) is 83.2 Å². The van der Waals surface area contributed by atoms with Crippen LogP contribution in [0.4, 0.5) is 26.3 Å². The standard InChI is InChI=1S/C29H38F6P2/c1-19(24-9-8-10-25(24)37(26(2,3)4)27(5,6)7)36(22-15-11-20(12-16-22)28(30,31)32)23-17-13-21(14-18-23)29(33,34)35/h11-19,24-25H,8-10H2,1-7H3/t19-,24?,25?/m1/s1. The van der Waals surface area contributed by atoms with Crippen LogP contribution in [0.15, 0.2) is 48.5 Å². The topological polar surface area (TPSA) is 0 Å². The van der Waals surface area contributed by atoms with E-state index in [9.17, 15) is 26.3 Å².